The van der Waals surface area contributed by atoms with Gasteiger partial charge in [-0.1, -0.05) is 48.0 Å². The van der Waals surface area contributed by atoms with E-state index >= 15 is 0 Å². The lowest BCUT2D eigenvalue weighted by molar-refractivity contribution is -0.132. The van der Waals surface area contributed by atoms with Crippen LogP contribution in [0.15, 0.2) is 54.6 Å². The first-order chi connectivity index (χ1) is 11.2. The molecule has 1 saturated heterocycles. The fraction of sp³-hybridized carbons (Fsp3) is 0.222. The van der Waals surface area contributed by atoms with Crippen molar-refractivity contribution in [2.24, 2.45) is 5.92 Å². The number of hydrogen-bond acceptors (Lipinski definition) is 2. The van der Waals surface area contributed by atoms with Gasteiger partial charge in [-0.15, -0.1) is 0 Å². The summed E-state index contributed by atoms with van der Waals surface area (Å²) >= 11 is 6.07. The Morgan fingerprint density at radius 1 is 1.13 bits per heavy atom. The number of carbonyl (C=O) groups is 2. The third kappa shape index (κ3) is 3.37. The Kier molecular flexibility index (Phi) is 4.63. The Labute approximate surface area is 140 Å². The van der Waals surface area contributed by atoms with Crippen LogP contribution >= 0.6 is 11.6 Å². The van der Waals surface area contributed by atoms with Crippen LogP contribution in [0.1, 0.15) is 12.0 Å². The van der Waals surface area contributed by atoms with Crippen LogP contribution in [0, 0.1) is 5.92 Å². The van der Waals surface area contributed by atoms with Crippen molar-refractivity contribution in [1.82, 2.24) is 5.32 Å². The van der Waals surface area contributed by atoms with Crippen LogP contribution in [-0.4, -0.2) is 18.4 Å². The van der Waals surface area contributed by atoms with Crippen LogP contribution in [0.25, 0.3) is 0 Å². The molecule has 1 N–H and O–H groups in total. The SMILES string of the molecule is O=C(NCc1ccccc1Cl)[C@H]1CCN(c2ccccc2)C1=O. The number of amides is 2. The number of nitrogens with zero attached hydrogens (tertiary/aromatic N) is 1. The van der Waals surface area contributed by atoms with Crippen LogP contribution < -0.4 is 10.2 Å². The van der Waals surface area contributed by atoms with Gasteiger partial charge in [-0.25, -0.2) is 0 Å². The van der Waals surface area contributed by atoms with Gasteiger partial charge in [-0.3, -0.25) is 9.59 Å². The van der Waals surface area contributed by atoms with Crippen LogP contribution in [0.4, 0.5) is 5.69 Å². The van der Waals surface area contributed by atoms with Crippen molar-refractivity contribution in [2.75, 3.05) is 11.4 Å². The van der Waals surface area contributed by atoms with Gasteiger partial charge in [0.15, 0.2) is 0 Å². The molecule has 2 aromatic rings. The molecule has 4 nitrogen and oxygen atoms in total. The molecule has 5 heteroatoms. The molecule has 2 aromatic carbocycles. The molecule has 0 saturated carbocycles. The molecule has 0 bridgehead atoms. The number of carbonyl (C=O) groups excluding carboxylic acids is 2. The third-order valence-electron chi connectivity index (χ3n) is 4.00. The molecular weight excluding hydrogens is 312 g/mol. The zero-order valence-electron chi connectivity index (χ0n) is 12.5. The summed E-state index contributed by atoms with van der Waals surface area (Å²) < 4.78 is 0. The van der Waals surface area contributed by atoms with Crippen molar-refractivity contribution in [3.05, 3.63) is 65.2 Å². The zero-order chi connectivity index (χ0) is 16.2. The highest BCUT2D eigenvalue weighted by molar-refractivity contribution is 6.31. The van der Waals surface area contributed by atoms with Crippen molar-refractivity contribution in [3.8, 4) is 0 Å². The molecular formula is C18H17ClN2O2. The van der Waals surface area contributed by atoms with E-state index in [4.69, 9.17) is 11.6 Å². The Balaban J connectivity index is 1.63. The van der Waals surface area contributed by atoms with E-state index in [-0.39, 0.29) is 11.8 Å². The summed E-state index contributed by atoms with van der Waals surface area (Å²) in [5.74, 6) is -1.01. The van der Waals surface area contributed by atoms with Gasteiger partial charge >= 0.3 is 0 Å². The van der Waals surface area contributed by atoms with Gasteiger partial charge in [-0.05, 0) is 30.2 Å². The Morgan fingerprint density at radius 2 is 1.83 bits per heavy atom. The zero-order valence-corrected chi connectivity index (χ0v) is 13.3. The quantitative estimate of drug-likeness (QED) is 0.877. The molecule has 1 aliphatic heterocycles. The number of anilines is 1. The molecule has 0 aromatic heterocycles. The molecule has 0 aliphatic carbocycles. The maximum Gasteiger partial charge on any atom is 0.239 e. The second kappa shape index (κ2) is 6.84. The highest BCUT2D eigenvalue weighted by atomic mass is 35.5. The van der Waals surface area contributed by atoms with E-state index in [9.17, 15) is 9.59 Å². The highest BCUT2D eigenvalue weighted by Gasteiger charge is 2.37. The number of para-hydroxylation sites is 1. The smallest absolute Gasteiger partial charge is 0.239 e. The molecule has 23 heavy (non-hydrogen) atoms. The van der Waals surface area contributed by atoms with E-state index in [0.717, 1.165) is 11.3 Å². The first kappa shape index (κ1) is 15.6. The summed E-state index contributed by atoms with van der Waals surface area (Å²) in [6, 6.07) is 16.8. The first-order valence-electron chi connectivity index (χ1n) is 7.54. The second-order valence-corrected chi connectivity index (χ2v) is 5.88. The summed E-state index contributed by atoms with van der Waals surface area (Å²) in [5, 5.41) is 3.42. The highest BCUT2D eigenvalue weighted by Crippen LogP contribution is 2.25. The van der Waals surface area contributed by atoms with Gasteiger partial charge in [0, 0.05) is 23.8 Å². The van der Waals surface area contributed by atoms with E-state index in [1.165, 1.54) is 0 Å². The van der Waals surface area contributed by atoms with Gasteiger partial charge in [-0.2, -0.15) is 0 Å². The molecule has 1 atom stereocenters. The van der Waals surface area contributed by atoms with E-state index in [0.29, 0.717) is 24.5 Å². The monoisotopic (exact) mass is 328 g/mol. The van der Waals surface area contributed by atoms with Gasteiger partial charge in [0.05, 0.1) is 0 Å². The lowest BCUT2D eigenvalue weighted by Crippen LogP contribution is -2.36. The van der Waals surface area contributed by atoms with Crippen molar-refractivity contribution < 1.29 is 9.59 Å². The van der Waals surface area contributed by atoms with Crippen LogP contribution in [0.3, 0.4) is 0 Å². The van der Waals surface area contributed by atoms with Gasteiger partial charge in [0.2, 0.25) is 11.8 Å². The van der Waals surface area contributed by atoms with Crippen LogP contribution in [0.2, 0.25) is 5.02 Å². The lowest BCUT2D eigenvalue weighted by Gasteiger charge is -2.16. The third-order valence-corrected chi connectivity index (χ3v) is 4.37. The molecule has 1 aliphatic rings. The lowest BCUT2D eigenvalue weighted by atomic mass is 10.1. The van der Waals surface area contributed by atoms with Gasteiger partial charge in [0.1, 0.15) is 5.92 Å². The van der Waals surface area contributed by atoms with Crippen molar-refractivity contribution >= 4 is 29.1 Å². The molecule has 1 fully saturated rings. The normalized spacial score (nSPS) is 17.3. The molecule has 3 rings (SSSR count). The minimum absolute atomic E-state index is 0.146. The summed E-state index contributed by atoms with van der Waals surface area (Å²) in [6.45, 7) is 0.890. The average molecular weight is 329 g/mol. The minimum Gasteiger partial charge on any atom is -0.351 e. The maximum atomic E-state index is 12.5. The fourth-order valence-corrected chi connectivity index (χ4v) is 2.94. The van der Waals surface area contributed by atoms with Crippen molar-refractivity contribution in [3.63, 3.8) is 0 Å². The minimum atomic E-state index is -0.627. The Bertz CT molecular complexity index is 718. The average Bonchev–Trinajstić information content (AvgIpc) is 2.96. The van der Waals surface area contributed by atoms with Crippen molar-refractivity contribution in [2.45, 2.75) is 13.0 Å². The summed E-state index contributed by atoms with van der Waals surface area (Å²) in [5.41, 5.74) is 1.67. The largest absolute Gasteiger partial charge is 0.351 e. The van der Waals surface area contributed by atoms with Crippen LogP contribution in [0.5, 0.6) is 0 Å². The number of nitrogens with one attached hydrogen (secondary N) is 1. The molecule has 118 valence electrons. The fourth-order valence-electron chi connectivity index (χ4n) is 2.73. The van der Waals surface area contributed by atoms with Gasteiger partial charge in [0.25, 0.3) is 0 Å². The Morgan fingerprint density at radius 3 is 2.57 bits per heavy atom. The standard InChI is InChI=1S/C18H17ClN2O2/c19-16-9-5-4-6-13(16)12-20-17(22)15-10-11-21(18(15)23)14-7-2-1-3-8-14/h1-9,15H,10-12H2,(H,20,22)/t15-/m1/s1. The number of rotatable bonds is 4. The van der Waals surface area contributed by atoms with Crippen LogP contribution in [-0.2, 0) is 16.1 Å². The summed E-state index contributed by atoms with van der Waals surface area (Å²) in [7, 11) is 0. The number of hydrogen-bond donors (Lipinski definition) is 1. The molecule has 0 spiro atoms. The molecule has 0 radical (unpaired) electrons. The number of halogens is 1. The topological polar surface area (TPSA) is 49.4 Å². The van der Waals surface area contributed by atoms with E-state index in [1.54, 1.807) is 11.0 Å². The summed E-state index contributed by atoms with van der Waals surface area (Å²) in [4.78, 5) is 26.4. The van der Waals surface area contributed by atoms with Crippen molar-refractivity contribution in [1.29, 1.82) is 0 Å². The predicted octanol–water partition coefficient (Wildman–Crippen LogP) is 3.01. The van der Waals surface area contributed by atoms with E-state index in [2.05, 4.69) is 5.32 Å². The summed E-state index contributed by atoms with van der Waals surface area (Å²) in [6.07, 6.45) is 0.530. The number of benzene rings is 2. The first-order valence-corrected chi connectivity index (χ1v) is 7.92. The molecule has 2 amide bonds. The predicted molar refractivity (Wildman–Crippen MR) is 90.2 cm³/mol. The maximum absolute atomic E-state index is 12.5. The Hall–Kier alpha value is -2.33. The molecule has 0 unspecified atom stereocenters. The molecule has 1 heterocycles. The van der Waals surface area contributed by atoms with E-state index in [1.807, 2.05) is 48.5 Å². The van der Waals surface area contributed by atoms with E-state index < -0.39 is 5.92 Å². The second-order valence-electron chi connectivity index (χ2n) is 5.48. The van der Waals surface area contributed by atoms with Gasteiger partial charge < -0.3 is 10.2 Å².